The van der Waals surface area contributed by atoms with E-state index >= 15 is 0 Å². The lowest BCUT2D eigenvalue weighted by atomic mass is 10.2. The van der Waals surface area contributed by atoms with E-state index in [0.717, 1.165) is 11.8 Å². The number of thioether (sulfide) groups is 1. The number of nitrogens with zero attached hydrogens (tertiary/aromatic N) is 3. The molecule has 2 aromatic rings. The second-order valence-corrected chi connectivity index (χ2v) is 4.92. The van der Waals surface area contributed by atoms with Crippen molar-refractivity contribution < 1.29 is 19.4 Å². The van der Waals surface area contributed by atoms with E-state index in [1.54, 1.807) is 19.1 Å². The third-order valence-electron chi connectivity index (χ3n) is 2.58. The average Bonchev–Trinajstić information content (AvgIpc) is 2.79. The standard InChI is InChI=1S/C12H12FN3O3S/c1-7-3-2-4-8(13)11(7)16-9(5-17)14-15-12(16)20-6-10(18)19/h2-4,17H,5-6H2,1H3,(H,18,19). The number of aliphatic carboxylic acids is 1. The predicted octanol–water partition coefficient (Wildman–Crippen LogP) is 1.38. The van der Waals surface area contributed by atoms with E-state index in [9.17, 15) is 14.3 Å². The maximum atomic E-state index is 14.0. The van der Waals surface area contributed by atoms with E-state index in [4.69, 9.17) is 5.11 Å². The molecule has 0 amide bonds. The predicted molar refractivity (Wildman–Crippen MR) is 70.3 cm³/mol. The third-order valence-corrected chi connectivity index (χ3v) is 3.49. The minimum absolute atomic E-state index is 0.158. The van der Waals surface area contributed by atoms with Gasteiger partial charge in [0.15, 0.2) is 11.0 Å². The summed E-state index contributed by atoms with van der Waals surface area (Å²) in [5.74, 6) is -1.57. The maximum absolute atomic E-state index is 14.0. The summed E-state index contributed by atoms with van der Waals surface area (Å²) in [6, 6.07) is 4.57. The van der Waals surface area contributed by atoms with Crippen molar-refractivity contribution in [2.45, 2.75) is 18.7 Å². The lowest BCUT2D eigenvalue weighted by Crippen LogP contribution is -2.08. The van der Waals surface area contributed by atoms with Crippen molar-refractivity contribution in [3.8, 4) is 5.69 Å². The number of aromatic nitrogens is 3. The van der Waals surface area contributed by atoms with Crippen molar-refractivity contribution in [1.82, 2.24) is 14.8 Å². The molecule has 106 valence electrons. The highest BCUT2D eigenvalue weighted by molar-refractivity contribution is 7.99. The molecule has 2 N–H and O–H groups in total. The van der Waals surface area contributed by atoms with Gasteiger partial charge >= 0.3 is 5.97 Å². The molecule has 0 aliphatic heterocycles. The number of rotatable bonds is 5. The average molecular weight is 297 g/mol. The smallest absolute Gasteiger partial charge is 0.313 e. The van der Waals surface area contributed by atoms with E-state index in [-0.39, 0.29) is 22.4 Å². The highest BCUT2D eigenvalue weighted by atomic mass is 32.2. The zero-order chi connectivity index (χ0) is 14.7. The monoisotopic (exact) mass is 297 g/mol. The van der Waals surface area contributed by atoms with Crippen LogP contribution >= 0.6 is 11.8 Å². The van der Waals surface area contributed by atoms with E-state index < -0.39 is 18.4 Å². The number of hydrogen-bond acceptors (Lipinski definition) is 5. The van der Waals surface area contributed by atoms with Crippen molar-refractivity contribution in [2.75, 3.05) is 5.75 Å². The van der Waals surface area contributed by atoms with E-state index in [1.807, 2.05) is 0 Å². The SMILES string of the molecule is Cc1cccc(F)c1-n1c(CO)nnc1SCC(=O)O. The third kappa shape index (κ3) is 2.81. The Hall–Kier alpha value is -1.93. The lowest BCUT2D eigenvalue weighted by molar-refractivity contribution is -0.133. The molecule has 0 fully saturated rings. The van der Waals surface area contributed by atoms with Gasteiger partial charge in [0.25, 0.3) is 0 Å². The minimum atomic E-state index is -1.01. The Labute approximate surface area is 118 Å². The van der Waals surface area contributed by atoms with Crippen LogP contribution in [0.3, 0.4) is 0 Å². The Morgan fingerprint density at radius 2 is 2.20 bits per heavy atom. The van der Waals surface area contributed by atoms with Crippen LogP contribution in [0, 0.1) is 12.7 Å². The first kappa shape index (κ1) is 14.5. The van der Waals surface area contributed by atoms with E-state index in [2.05, 4.69) is 10.2 Å². The summed E-state index contributed by atoms with van der Waals surface area (Å²) in [6.45, 7) is 1.29. The Morgan fingerprint density at radius 3 is 2.80 bits per heavy atom. The molecule has 1 aromatic carbocycles. The van der Waals surface area contributed by atoms with Crippen LogP contribution in [0.4, 0.5) is 4.39 Å². The highest BCUT2D eigenvalue weighted by Crippen LogP contribution is 2.26. The van der Waals surface area contributed by atoms with Gasteiger partial charge in [-0.1, -0.05) is 23.9 Å². The van der Waals surface area contributed by atoms with Gasteiger partial charge in [0.2, 0.25) is 0 Å². The molecule has 2 rings (SSSR count). The van der Waals surface area contributed by atoms with Crippen LogP contribution in [0.25, 0.3) is 5.69 Å². The molecule has 0 bridgehead atoms. The summed E-state index contributed by atoms with van der Waals surface area (Å²) >= 11 is 0.916. The van der Waals surface area contributed by atoms with Crippen LogP contribution in [0.5, 0.6) is 0 Å². The first-order chi connectivity index (χ1) is 9.54. The molecular weight excluding hydrogens is 285 g/mol. The van der Waals surface area contributed by atoms with Crippen LogP contribution in [0.15, 0.2) is 23.4 Å². The summed E-state index contributed by atoms with van der Waals surface area (Å²) in [6.07, 6.45) is 0. The second-order valence-electron chi connectivity index (χ2n) is 3.98. The molecule has 0 saturated carbocycles. The molecule has 0 radical (unpaired) electrons. The first-order valence-electron chi connectivity index (χ1n) is 5.69. The number of carboxylic acid groups (broad SMARTS) is 1. The normalized spacial score (nSPS) is 10.8. The number of aliphatic hydroxyl groups excluding tert-OH is 1. The molecule has 6 nitrogen and oxygen atoms in total. The maximum Gasteiger partial charge on any atom is 0.313 e. The first-order valence-corrected chi connectivity index (χ1v) is 6.68. The second kappa shape index (κ2) is 6.02. The molecule has 8 heteroatoms. The van der Waals surface area contributed by atoms with Gasteiger partial charge in [0.1, 0.15) is 12.4 Å². The molecule has 1 heterocycles. The van der Waals surface area contributed by atoms with E-state index in [0.29, 0.717) is 5.56 Å². The molecule has 0 saturated heterocycles. The number of benzene rings is 1. The summed E-state index contributed by atoms with van der Waals surface area (Å²) in [4.78, 5) is 10.6. The summed E-state index contributed by atoms with van der Waals surface area (Å²) in [5.41, 5.74) is 0.853. The van der Waals surface area contributed by atoms with Gasteiger partial charge in [-0.15, -0.1) is 10.2 Å². The zero-order valence-electron chi connectivity index (χ0n) is 10.6. The zero-order valence-corrected chi connectivity index (χ0v) is 11.4. The van der Waals surface area contributed by atoms with Crippen molar-refractivity contribution in [3.05, 3.63) is 35.4 Å². The molecule has 1 aromatic heterocycles. The van der Waals surface area contributed by atoms with Gasteiger partial charge in [-0.25, -0.2) is 4.39 Å². The topological polar surface area (TPSA) is 88.2 Å². The molecule has 0 unspecified atom stereocenters. The van der Waals surface area contributed by atoms with Crippen LogP contribution < -0.4 is 0 Å². The fraction of sp³-hybridized carbons (Fsp3) is 0.250. The molecule has 0 spiro atoms. The van der Waals surface area contributed by atoms with Crippen LogP contribution in [-0.4, -0.2) is 36.7 Å². The number of carbonyl (C=O) groups is 1. The fourth-order valence-electron chi connectivity index (χ4n) is 1.75. The Kier molecular flexibility index (Phi) is 4.35. The van der Waals surface area contributed by atoms with Gasteiger partial charge in [0, 0.05) is 0 Å². The van der Waals surface area contributed by atoms with Gasteiger partial charge < -0.3 is 10.2 Å². The molecule has 20 heavy (non-hydrogen) atoms. The largest absolute Gasteiger partial charge is 0.481 e. The number of hydrogen-bond donors (Lipinski definition) is 2. The summed E-state index contributed by atoms with van der Waals surface area (Å²) in [5, 5.41) is 25.8. The van der Waals surface area contributed by atoms with Gasteiger partial charge in [-0.2, -0.15) is 0 Å². The molecule has 0 atom stereocenters. The van der Waals surface area contributed by atoms with Crippen LogP contribution in [0.2, 0.25) is 0 Å². The highest BCUT2D eigenvalue weighted by Gasteiger charge is 2.19. The molecule has 0 aliphatic carbocycles. The number of aryl methyl sites for hydroxylation is 1. The lowest BCUT2D eigenvalue weighted by Gasteiger charge is -2.12. The Morgan fingerprint density at radius 1 is 1.45 bits per heavy atom. The summed E-state index contributed by atoms with van der Waals surface area (Å²) < 4.78 is 15.4. The Balaban J connectivity index is 2.53. The van der Waals surface area contributed by atoms with Crippen LogP contribution in [0.1, 0.15) is 11.4 Å². The number of aliphatic hydroxyl groups is 1. The van der Waals surface area contributed by atoms with Crippen molar-refractivity contribution in [2.24, 2.45) is 0 Å². The molecule has 0 aliphatic rings. The van der Waals surface area contributed by atoms with Crippen LogP contribution in [-0.2, 0) is 11.4 Å². The van der Waals surface area contributed by atoms with Crippen molar-refractivity contribution in [1.29, 1.82) is 0 Å². The van der Waals surface area contributed by atoms with Crippen molar-refractivity contribution in [3.63, 3.8) is 0 Å². The van der Waals surface area contributed by atoms with Gasteiger partial charge in [-0.05, 0) is 18.6 Å². The quantitative estimate of drug-likeness (QED) is 0.811. The van der Waals surface area contributed by atoms with E-state index in [1.165, 1.54) is 10.6 Å². The summed E-state index contributed by atoms with van der Waals surface area (Å²) in [7, 11) is 0. The molecular formula is C12H12FN3O3S. The number of para-hydroxylation sites is 1. The minimum Gasteiger partial charge on any atom is -0.481 e. The number of halogens is 1. The number of carboxylic acids is 1. The van der Waals surface area contributed by atoms with Gasteiger partial charge in [0.05, 0.1) is 11.4 Å². The van der Waals surface area contributed by atoms with Crippen molar-refractivity contribution >= 4 is 17.7 Å². The Bertz CT molecular complexity index is 625. The van der Waals surface area contributed by atoms with Gasteiger partial charge in [-0.3, -0.25) is 9.36 Å². The fourth-order valence-corrected chi connectivity index (χ4v) is 2.43.